The largest absolute Gasteiger partial charge is 0.293 e. The van der Waals surface area contributed by atoms with Crippen LogP contribution in [0.4, 0.5) is 0 Å². The third-order valence-electron chi connectivity index (χ3n) is 3.73. The van der Waals surface area contributed by atoms with Crippen molar-refractivity contribution in [2.75, 3.05) is 6.26 Å². The summed E-state index contributed by atoms with van der Waals surface area (Å²) < 4.78 is 23.3. The molecule has 1 heterocycles. The fourth-order valence-corrected chi connectivity index (χ4v) is 4.83. The molecule has 19 heavy (non-hydrogen) atoms. The molecule has 1 aliphatic rings. The Kier molecular flexibility index (Phi) is 4.11. The zero-order valence-electron chi connectivity index (χ0n) is 11.5. The van der Waals surface area contributed by atoms with Crippen molar-refractivity contribution in [3.8, 4) is 0 Å². The number of carbonyl (C=O) groups is 1. The third-order valence-corrected chi connectivity index (χ3v) is 6.46. The van der Waals surface area contributed by atoms with Crippen LogP contribution in [0, 0.1) is 19.8 Å². The molecule has 2 atom stereocenters. The average molecular weight is 301 g/mol. The SMILES string of the molecule is Cc1nc(C)c(C(=O)C2CCCC(S(C)(=O)=O)C2)s1. The Morgan fingerprint density at radius 2 is 2.00 bits per heavy atom. The van der Waals surface area contributed by atoms with E-state index in [0.29, 0.717) is 17.7 Å². The van der Waals surface area contributed by atoms with Crippen LogP contribution in [-0.2, 0) is 9.84 Å². The van der Waals surface area contributed by atoms with Crippen LogP contribution in [-0.4, -0.2) is 30.7 Å². The van der Waals surface area contributed by atoms with E-state index >= 15 is 0 Å². The van der Waals surface area contributed by atoms with E-state index in [0.717, 1.165) is 23.5 Å². The second kappa shape index (κ2) is 5.32. The topological polar surface area (TPSA) is 64.1 Å². The van der Waals surface area contributed by atoms with Gasteiger partial charge in [-0.05, 0) is 33.1 Å². The molecule has 1 aliphatic carbocycles. The van der Waals surface area contributed by atoms with Crippen LogP contribution in [0.2, 0.25) is 0 Å². The second-order valence-electron chi connectivity index (χ2n) is 5.33. The summed E-state index contributed by atoms with van der Waals surface area (Å²) in [6, 6.07) is 0. The highest BCUT2D eigenvalue weighted by Crippen LogP contribution is 2.32. The van der Waals surface area contributed by atoms with Crippen molar-refractivity contribution in [1.29, 1.82) is 0 Å². The van der Waals surface area contributed by atoms with E-state index < -0.39 is 9.84 Å². The van der Waals surface area contributed by atoms with Crippen molar-refractivity contribution in [3.05, 3.63) is 15.6 Å². The molecular formula is C13H19NO3S2. The van der Waals surface area contributed by atoms with Gasteiger partial charge in [0.25, 0.3) is 0 Å². The van der Waals surface area contributed by atoms with E-state index in [9.17, 15) is 13.2 Å². The number of hydrogen-bond donors (Lipinski definition) is 0. The molecule has 1 aromatic heterocycles. The maximum absolute atomic E-state index is 12.5. The van der Waals surface area contributed by atoms with Crippen molar-refractivity contribution in [2.45, 2.75) is 44.8 Å². The summed E-state index contributed by atoms with van der Waals surface area (Å²) >= 11 is 1.41. The third kappa shape index (κ3) is 3.23. The Bertz CT molecular complexity index is 589. The minimum absolute atomic E-state index is 0.0800. The van der Waals surface area contributed by atoms with Crippen LogP contribution >= 0.6 is 11.3 Å². The zero-order chi connectivity index (χ0) is 14.2. The highest BCUT2D eigenvalue weighted by Gasteiger charge is 2.33. The van der Waals surface area contributed by atoms with Gasteiger partial charge in [-0.1, -0.05) is 6.42 Å². The number of sulfone groups is 1. The Balaban J connectivity index is 2.18. The number of rotatable bonds is 3. The Labute approximate surface area is 118 Å². The van der Waals surface area contributed by atoms with Gasteiger partial charge in [0.1, 0.15) is 9.84 Å². The predicted octanol–water partition coefficient (Wildman–Crippen LogP) is 2.55. The van der Waals surface area contributed by atoms with E-state index in [1.165, 1.54) is 17.6 Å². The van der Waals surface area contributed by atoms with Crippen LogP contribution in [0.3, 0.4) is 0 Å². The molecule has 0 bridgehead atoms. The molecule has 0 radical (unpaired) electrons. The summed E-state index contributed by atoms with van der Waals surface area (Å²) in [7, 11) is -3.04. The Morgan fingerprint density at radius 1 is 1.32 bits per heavy atom. The maximum atomic E-state index is 12.5. The van der Waals surface area contributed by atoms with Crippen LogP contribution in [0.5, 0.6) is 0 Å². The first-order chi connectivity index (χ1) is 8.79. The molecule has 1 fully saturated rings. The van der Waals surface area contributed by atoms with Crippen LogP contribution in [0.25, 0.3) is 0 Å². The molecule has 1 aromatic rings. The average Bonchev–Trinajstić information content (AvgIpc) is 2.66. The summed E-state index contributed by atoms with van der Waals surface area (Å²) in [5, 5.41) is 0.529. The number of ketones is 1. The standard InChI is InChI=1S/C13H19NO3S2/c1-8-13(18-9(2)14-8)12(15)10-5-4-6-11(7-10)19(3,16)17/h10-11H,4-7H2,1-3H3. The van der Waals surface area contributed by atoms with Crippen molar-refractivity contribution in [3.63, 3.8) is 0 Å². The van der Waals surface area contributed by atoms with Crippen molar-refractivity contribution >= 4 is 27.0 Å². The summed E-state index contributed by atoms with van der Waals surface area (Å²) in [6.07, 6.45) is 4.02. The summed E-state index contributed by atoms with van der Waals surface area (Å²) in [5.41, 5.74) is 0.772. The highest BCUT2D eigenvalue weighted by molar-refractivity contribution is 7.91. The lowest BCUT2D eigenvalue weighted by Crippen LogP contribution is -2.31. The van der Waals surface area contributed by atoms with Gasteiger partial charge >= 0.3 is 0 Å². The lowest BCUT2D eigenvalue weighted by molar-refractivity contribution is 0.0894. The van der Waals surface area contributed by atoms with Gasteiger partial charge in [0.2, 0.25) is 0 Å². The number of hydrogen-bond acceptors (Lipinski definition) is 5. The second-order valence-corrected chi connectivity index (χ2v) is 8.86. The molecule has 1 saturated carbocycles. The predicted molar refractivity (Wildman–Crippen MR) is 76.5 cm³/mol. The number of nitrogens with zero attached hydrogens (tertiary/aromatic N) is 1. The molecule has 0 spiro atoms. The van der Waals surface area contributed by atoms with Gasteiger partial charge in [0, 0.05) is 12.2 Å². The molecule has 0 amide bonds. The van der Waals surface area contributed by atoms with Gasteiger partial charge < -0.3 is 0 Å². The number of carbonyl (C=O) groups excluding carboxylic acids is 1. The molecule has 2 rings (SSSR count). The van der Waals surface area contributed by atoms with Crippen molar-refractivity contribution < 1.29 is 13.2 Å². The fourth-order valence-electron chi connectivity index (χ4n) is 2.72. The number of aryl methyl sites for hydroxylation is 2. The molecule has 0 aromatic carbocycles. The van der Waals surface area contributed by atoms with Crippen LogP contribution < -0.4 is 0 Å². The minimum Gasteiger partial charge on any atom is -0.293 e. The quantitative estimate of drug-likeness (QED) is 0.805. The lowest BCUT2D eigenvalue weighted by Gasteiger charge is -2.26. The van der Waals surface area contributed by atoms with Gasteiger partial charge in [0.05, 0.1) is 20.8 Å². The molecule has 2 unspecified atom stereocenters. The lowest BCUT2D eigenvalue weighted by atomic mass is 9.85. The minimum atomic E-state index is -3.04. The number of Topliss-reactive ketones (excluding diaryl/α,β-unsaturated/α-hetero) is 1. The highest BCUT2D eigenvalue weighted by atomic mass is 32.2. The van der Waals surface area contributed by atoms with Gasteiger partial charge in [-0.25, -0.2) is 13.4 Å². The zero-order valence-corrected chi connectivity index (χ0v) is 13.1. The molecule has 4 nitrogen and oxygen atoms in total. The first-order valence-electron chi connectivity index (χ1n) is 6.46. The van der Waals surface area contributed by atoms with Crippen LogP contribution in [0.1, 0.15) is 46.1 Å². The van der Waals surface area contributed by atoms with Crippen molar-refractivity contribution in [1.82, 2.24) is 4.98 Å². The number of thiazole rings is 1. The van der Waals surface area contributed by atoms with E-state index in [1.807, 2.05) is 13.8 Å². The van der Waals surface area contributed by atoms with Crippen LogP contribution in [0.15, 0.2) is 0 Å². The molecule has 0 saturated heterocycles. The molecule has 106 valence electrons. The Hall–Kier alpha value is -0.750. The molecule has 0 aliphatic heterocycles. The summed E-state index contributed by atoms with van der Waals surface area (Å²) in [5.74, 6) is -0.0801. The maximum Gasteiger partial charge on any atom is 0.177 e. The molecular weight excluding hydrogens is 282 g/mol. The van der Waals surface area contributed by atoms with E-state index in [2.05, 4.69) is 4.98 Å². The van der Waals surface area contributed by atoms with Gasteiger partial charge in [0.15, 0.2) is 5.78 Å². The Morgan fingerprint density at radius 3 is 2.53 bits per heavy atom. The molecule has 0 N–H and O–H groups in total. The monoisotopic (exact) mass is 301 g/mol. The van der Waals surface area contributed by atoms with Crippen molar-refractivity contribution in [2.24, 2.45) is 5.92 Å². The van der Waals surface area contributed by atoms with E-state index in [-0.39, 0.29) is 17.0 Å². The van der Waals surface area contributed by atoms with Gasteiger partial charge in [-0.15, -0.1) is 11.3 Å². The van der Waals surface area contributed by atoms with Gasteiger partial charge in [-0.3, -0.25) is 4.79 Å². The summed E-state index contributed by atoms with van der Waals surface area (Å²) in [4.78, 5) is 17.5. The summed E-state index contributed by atoms with van der Waals surface area (Å²) in [6.45, 7) is 3.72. The van der Waals surface area contributed by atoms with E-state index in [4.69, 9.17) is 0 Å². The molecule has 6 heteroatoms. The smallest absolute Gasteiger partial charge is 0.177 e. The fraction of sp³-hybridized carbons (Fsp3) is 0.692. The van der Waals surface area contributed by atoms with E-state index in [1.54, 1.807) is 0 Å². The normalized spacial score (nSPS) is 24.4. The number of aromatic nitrogens is 1. The first kappa shape index (κ1) is 14.7. The first-order valence-corrected chi connectivity index (χ1v) is 9.23. The van der Waals surface area contributed by atoms with Gasteiger partial charge in [-0.2, -0.15) is 0 Å².